The number of benzene rings is 1. The van der Waals surface area contributed by atoms with Crippen LogP contribution in [0.3, 0.4) is 0 Å². The number of aromatic nitrogens is 1. The van der Waals surface area contributed by atoms with Crippen molar-refractivity contribution < 1.29 is 9.13 Å². The summed E-state index contributed by atoms with van der Waals surface area (Å²) in [5, 5.41) is 3.57. The molecule has 0 bridgehead atoms. The summed E-state index contributed by atoms with van der Waals surface area (Å²) in [6, 6.07) is 5.96. The number of hydrogen-bond donors (Lipinski definition) is 1. The molecule has 2 aromatic rings. The van der Waals surface area contributed by atoms with Gasteiger partial charge in [0.1, 0.15) is 16.6 Å². The van der Waals surface area contributed by atoms with Gasteiger partial charge < -0.3 is 10.1 Å². The third-order valence-corrected chi connectivity index (χ3v) is 3.47. The second kappa shape index (κ2) is 7.02. The van der Waals surface area contributed by atoms with Crippen LogP contribution in [-0.4, -0.2) is 11.5 Å². The second-order valence-electron chi connectivity index (χ2n) is 4.09. The fraction of sp³-hybridized carbons (Fsp3) is 0.214. The number of halogens is 3. The van der Waals surface area contributed by atoms with E-state index in [1.165, 1.54) is 12.1 Å². The first-order valence-corrected chi connectivity index (χ1v) is 7.25. The van der Waals surface area contributed by atoms with Crippen LogP contribution in [-0.2, 0) is 6.54 Å². The SMILES string of the molecule is CCNCc1cnc(Oc2cc(F)ccc2Br)c(Cl)c1. The molecule has 20 heavy (non-hydrogen) atoms. The highest BCUT2D eigenvalue weighted by Gasteiger charge is 2.09. The fourth-order valence-corrected chi connectivity index (χ4v) is 2.12. The molecule has 0 atom stereocenters. The average molecular weight is 360 g/mol. The molecule has 106 valence electrons. The van der Waals surface area contributed by atoms with Gasteiger partial charge in [0.2, 0.25) is 5.88 Å². The zero-order valence-corrected chi connectivity index (χ0v) is 13.1. The monoisotopic (exact) mass is 358 g/mol. The summed E-state index contributed by atoms with van der Waals surface area (Å²) in [6.45, 7) is 3.58. The molecular weight excluding hydrogens is 347 g/mol. The molecule has 6 heteroatoms. The number of pyridine rings is 1. The summed E-state index contributed by atoms with van der Waals surface area (Å²) in [5.41, 5.74) is 0.961. The fourth-order valence-electron chi connectivity index (χ4n) is 1.57. The van der Waals surface area contributed by atoms with Gasteiger partial charge in [-0.3, -0.25) is 0 Å². The molecule has 1 aromatic heterocycles. The molecule has 0 aliphatic heterocycles. The predicted octanol–water partition coefficient (Wildman–Crippen LogP) is 4.54. The van der Waals surface area contributed by atoms with E-state index in [9.17, 15) is 4.39 Å². The van der Waals surface area contributed by atoms with Crippen LogP contribution in [0.1, 0.15) is 12.5 Å². The van der Waals surface area contributed by atoms with Crippen molar-refractivity contribution in [2.75, 3.05) is 6.54 Å². The zero-order valence-electron chi connectivity index (χ0n) is 10.8. The third-order valence-electron chi connectivity index (χ3n) is 2.54. The molecule has 0 spiro atoms. The van der Waals surface area contributed by atoms with Gasteiger partial charge in [-0.25, -0.2) is 9.37 Å². The Hall–Kier alpha value is -1.17. The van der Waals surface area contributed by atoms with Crippen LogP contribution in [0.5, 0.6) is 11.6 Å². The van der Waals surface area contributed by atoms with Gasteiger partial charge in [-0.15, -0.1) is 0 Å². The van der Waals surface area contributed by atoms with Gasteiger partial charge in [0, 0.05) is 18.8 Å². The van der Waals surface area contributed by atoms with E-state index in [1.807, 2.05) is 6.92 Å². The predicted molar refractivity (Wildman–Crippen MR) is 80.8 cm³/mol. The molecule has 0 amide bonds. The normalized spacial score (nSPS) is 10.6. The van der Waals surface area contributed by atoms with Gasteiger partial charge >= 0.3 is 0 Å². The maximum atomic E-state index is 13.2. The second-order valence-corrected chi connectivity index (χ2v) is 5.35. The Morgan fingerprint density at radius 2 is 2.20 bits per heavy atom. The van der Waals surface area contributed by atoms with E-state index in [-0.39, 0.29) is 11.7 Å². The first kappa shape index (κ1) is 15.2. The molecule has 0 unspecified atom stereocenters. The minimum Gasteiger partial charge on any atom is -0.436 e. The van der Waals surface area contributed by atoms with Crippen LogP contribution in [0.4, 0.5) is 4.39 Å². The molecule has 2 rings (SSSR count). The summed E-state index contributed by atoms with van der Waals surface area (Å²) in [5.74, 6) is 0.195. The molecule has 1 N–H and O–H groups in total. The smallest absolute Gasteiger partial charge is 0.238 e. The van der Waals surface area contributed by atoms with Crippen molar-refractivity contribution in [1.29, 1.82) is 0 Å². The minimum absolute atomic E-state index is 0.248. The molecule has 0 saturated carbocycles. The van der Waals surface area contributed by atoms with Gasteiger partial charge in [-0.05, 0) is 46.2 Å². The van der Waals surface area contributed by atoms with E-state index in [0.717, 1.165) is 12.1 Å². The first-order chi connectivity index (χ1) is 9.60. The lowest BCUT2D eigenvalue weighted by Crippen LogP contribution is -2.11. The third kappa shape index (κ3) is 3.91. The van der Waals surface area contributed by atoms with Crippen LogP contribution in [0, 0.1) is 5.82 Å². The largest absolute Gasteiger partial charge is 0.436 e. The van der Waals surface area contributed by atoms with Gasteiger partial charge in [-0.2, -0.15) is 0 Å². The molecule has 3 nitrogen and oxygen atoms in total. The van der Waals surface area contributed by atoms with Gasteiger partial charge in [0.25, 0.3) is 0 Å². The quantitative estimate of drug-likeness (QED) is 0.851. The molecule has 0 fully saturated rings. The van der Waals surface area contributed by atoms with Crippen molar-refractivity contribution in [2.24, 2.45) is 0 Å². The summed E-state index contributed by atoms with van der Waals surface area (Å²) in [7, 11) is 0. The topological polar surface area (TPSA) is 34.2 Å². The van der Waals surface area contributed by atoms with Crippen molar-refractivity contribution >= 4 is 27.5 Å². The van der Waals surface area contributed by atoms with E-state index in [0.29, 0.717) is 21.8 Å². The molecule has 0 aliphatic rings. The van der Waals surface area contributed by atoms with Crippen LogP contribution in [0.25, 0.3) is 0 Å². The number of nitrogens with zero attached hydrogens (tertiary/aromatic N) is 1. The average Bonchev–Trinajstić information content (AvgIpc) is 2.43. The number of hydrogen-bond acceptors (Lipinski definition) is 3. The lowest BCUT2D eigenvalue weighted by Gasteiger charge is -2.09. The Morgan fingerprint density at radius 3 is 2.90 bits per heavy atom. The number of nitrogens with one attached hydrogen (secondary N) is 1. The van der Waals surface area contributed by atoms with Crippen molar-refractivity contribution in [3.8, 4) is 11.6 Å². The summed E-state index contributed by atoms with van der Waals surface area (Å²) in [4.78, 5) is 4.16. The van der Waals surface area contributed by atoms with Crippen LogP contribution in [0.15, 0.2) is 34.9 Å². The molecule has 0 saturated heterocycles. The maximum absolute atomic E-state index is 13.2. The number of rotatable bonds is 5. The molecular formula is C14H13BrClFN2O. The highest BCUT2D eigenvalue weighted by molar-refractivity contribution is 9.10. The van der Waals surface area contributed by atoms with E-state index in [2.05, 4.69) is 26.2 Å². The zero-order chi connectivity index (χ0) is 14.5. The Morgan fingerprint density at radius 1 is 1.40 bits per heavy atom. The van der Waals surface area contributed by atoms with E-state index < -0.39 is 0 Å². The van der Waals surface area contributed by atoms with Crippen LogP contribution < -0.4 is 10.1 Å². The van der Waals surface area contributed by atoms with Crippen molar-refractivity contribution in [3.63, 3.8) is 0 Å². The summed E-state index contributed by atoms with van der Waals surface area (Å²) >= 11 is 9.41. The highest BCUT2D eigenvalue weighted by atomic mass is 79.9. The van der Waals surface area contributed by atoms with E-state index in [4.69, 9.17) is 16.3 Å². The molecule has 0 radical (unpaired) electrons. The first-order valence-electron chi connectivity index (χ1n) is 6.08. The molecule has 1 aromatic carbocycles. The number of ether oxygens (including phenoxy) is 1. The van der Waals surface area contributed by atoms with Gasteiger partial charge in [-0.1, -0.05) is 18.5 Å². The Bertz CT molecular complexity index is 610. The maximum Gasteiger partial charge on any atom is 0.238 e. The van der Waals surface area contributed by atoms with Crippen molar-refractivity contribution in [2.45, 2.75) is 13.5 Å². The van der Waals surface area contributed by atoms with Crippen molar-refractivity contribution in [3.05, 3.63) is 51.3 Å². The minimum atomic E-state index is -0.386. The Balaban J connectivity index is 2.19. The standard InChI is InChI=1S/C14H13BrClFN2O/c1-2-18-7-9-5-12(16)14(19-8-9)20-13-6-10(17)3-4-11(13)15/h3-6,8,18H,2,7H2,1H3. The Labute approximate surface area is 130 Å². The van der Waals surface area contributed by atoms with E-state index >= 15 is 0 Å². The molecule has 0 aliphatic carbocycles. The lowest BCUT2D eigenvalue weighted by molar-refractivity contribution is 0.455. The highest BCUT2D eigenvalue weighted by Crippen LogP contribution is 2.33. The molecule has 1 heterocycles. The van der Waals surface area contributed by atoms with E-state index in [1.54, 1.807) is 18.3 Å². The summed E-state index contributed by atoms with van der Waals surface area (Å²) < 4.78 is 19.4. The lowest BCUT2D eigenvalue weighted by atomic mass is 10.3. The van der Waals surface area contributed by atoms with Crippen molar-refractivity contribution in [1.82, 2.24) is 10.3 Å². The van der Waals surface area contributed by atoms with Crippen LogP contribution >= 0.6 is 27.5 Å². The van der Waals surface area contributed by atoms with Gasteiger partial charge in [0.05, 0.1) is 4.47 Å². The summed E-state index contributed by atoms with van der Waals surface area (Å²) in [6.07, 6.45) is 1.68. The van der Waals surface area contributed by atoms with Crippen LogP contribution in [0.2, 0.25) is 5.02 Å². The Kier molecular flexibility index (Phi) is 5.34. The van der Waals surface area contributed by atoms with Gasteiger partial charge in [0.15, 0.2) is 0 Å².